The number of rotatable bonds is 3. The van der Waals surface area contributed by atoms with Crippen LogP contribution in [0.1, 0.15) is 11.3 Å². The van der Waals surface area contributed by atoms with Gasteiger partial charge in [-0.1, -0.05) is 0 Å². The van der Waals surface area contributed by atoms with Gasteiger partial charge < -0.3 is 5.32 Å². The smallest absolute Gasteiger partial charge is 0.0807 e. The van der Waals surface area contributed by atoms with Gasteiger partial charge in [-0.2, -0.15) is 10.4 Å². The van der Waals surface area contributed by atoms with Crippen LogP contribution in [-0.2, 0) is 20.0 Å². The van der Waals surface area contributed by atoms with E-state index < -0.39 is 0 Å². The molecule has 0 saturated carbocycles. The lowest BCUT2D eigenvalue weighted by Crippen LogP contribution is -2.43. The van der Waals surface area contributed by atoms with Crippen molar-refractivity contribution in [2.45, 2.75) is 13.0 Å². The van der Waals surface area contributed by atoms with E-state index in [0.29, 0.717) is 6.42 Å². The standard InChI is InChI=1S/C11H17N5/c1-15-8-10(2-3-12)11(14-15)9-16-6-4-13-5-7-16/h8,13H,2,4-7,9H2,1H3. The predicted octanol–water partition coefficient (Wildman–Crippen LogP) is -0.109. The maximum absolute atomic E-state index is 8.75. The summed E-state index contributed by atoms with van der Waals surface area (Å²) in [5.41, 5.74) is 2.11. The van der Waals surface area contributed by atoms with E-state index in [2.05, 4.69) is 21.4 Å². The van der Waals surface area contributed by atoms with E-state index in [-0.39, 0.29) is 0 Å². The zero-order valence-corrected chi connectivity index (χ0v) is 9.61. The summed E-state index contributed by atoms with van der Waals surface area (Å²) in [6.07, 6.45) is 2.40. The van der Waals surface area contributed by atoms with Crippen molar-refractivity contribution in [3.05, 3.63) is 17.5 Å². The number of nitrogens with zero attached hydrogens (tertiary/aromatic N) is 4. The van der Waals surface area contributed by atoms with Gasteiger partial charge >= 0.3 is 0 Å². The maximum atomic E-state index is 8.75. The lowest BCUT2D eigenvalue weighted by molar-refractivity contribution is 0.230. The van der Waals surface area contributed by atoms with Crippen LogP contribution in [0, 0.1) is 11.3 Å². The minimum absolute atomic E-state index is 0.454. The molecule has 1 N–H and O–H groups in total. The molecule has 5 nitrogen and oxygen atoms in total. The number of nitriles is 1. The molecular formula is C11H17N5. The van der Waals surface area contributed by atoms with Crippen LogP contribution in [0.15, 0.2) is 6.20 Å². The summed E-state index contributed by atoms with van der Waals surface area (Å²) in [6.45, 7) is 5.06. The van der Waals surface area contributed by atoms with Gasteiger partial charge in [0.05, 0.1) is 18.2 Å². The number of piperazine rings is 1. The molecule has 1 aromatic rings. The van der Waals surface area contributed by atoms with Gasteiger partial charge in [0, 0.05) is 51.5 Å². The number of aryl methyl sites for hydroxylation is 1. The largest absolute Gasteiger partial charge is 0.314 e. The van der Waals surface area contributed by atoms with Crippen LogP contribution in [0.25, 0.3) is 0 Å². The van der Waals surface area contributed by atoms with Gasteiger partial charge in [0.2, 0.25) is 0 Å². The Morgan fingerprint density at radius 3 is 2.94 bits per heavy atom. The van der Waals surface area contributed by atoms with Crippen LogP contribution in [0.4, 0.5) is 0 Å². The summed E-state index contributed by atoms with van der Waals surface area (Å²) in [5.74, 6) is 0. The number of hydrogen-bond donors (Lipinski definition) is 1. The lowest BCUT2D eigenvalue weighted by Gasteiger charge is -2.26. The molecule has 0 amide bonds. The first kappa shape index (κ1) is 11.1. The van der Waals surface area contributed by atoms with Crippen LogP contribution < -0.4 is 5.32 Å². The summed E-state index contributed by atoms with van der Waals surface area (Å²) in [7, 11) is 1.90. The molecule has 2 heterocycles. The Morgan fingerprint density at radius 1 is 1.50 bits per heavy atom. The van der Waals surface area contributed by atoms with Gasteiger partial charge in [-0.25, -0.2) is 0 Å². The molecular weight excluding hydrogens is 202 g/mol. The molecule has 0 unspecified atom stereocenters. The monoisotopic (exact) mass is 219 g/mol. The Kier molecular flexibility index (Phi) is 3.54. The second kappa shape index (κ2) is 5.10. The van der Waals surface area contributed by atoms with Crippen LogP contribution in [-0.4, -0.2) is 40.9 Å². The van der Waals surface area contributed by atoms with Crippen LogP contribution in [0.3, 0.4) is 0 Å². The summed E-state index contributed by atoms with van der Waals surface area (Å²) in [5, 5.41) is 16.5. The van der Waals surface area contributed by atoms with E-state index in [9.17, 15) is 0 Å². The maximum Gasteiger partial charge on any atom is 0.0807 e. The number of hydrogen-bond acceptors (Lipinski definition) is 4. The number of aromatic nitrogens is 2. The van der Waals surface area contributed by atoms with Crippen LogP contribution in [0.5, 0.6) is 0 Å². The predicted molar refractivity (Wildman–Crippen MR) is 60.7 cm³/mol. The third-order valence-electron chi connectivity index (χ3n) is 2.84. The van der Waals surface area contributed by atoms with Gasteiger partial charge in [-0.05, 0) is 0 Å². The second-order valence-corrected chi connectivity index (χ2v) is 4.14. The number of nitrogens with one attached hydrogen (secondary N) is 1. The Morgan fingerprint density at radius 2 is 2.25 bits per heavy atom. The highest BCUT2D eigenvalue weighted by Crippen LogP contribution is 2.10. The summed E-state index contributed by atoms with van der Waals surface area (Å²) < 4.78 is 1.80. The summed E-state index contributed by atoms with van der Waals surface area (Å²) >= 11 is 0. The highest BCUT2D eigenvalue weighted by Gasteiger charge is 2.14. The van der Waals surface area contributed by atoms with Crippen LogP contribution >= 0.6 is 0 Å². The average molecular weight is 219 g/mol. The minimum atomic E-state index is 0.454. The van der Waals surface area contributed by atoms with E-state index >= 15 is 0 Å². The van der Waals surface area contributed by atoms with Crippen molar-refractivity contribution < 1.29 is 0 Å². The molecule has 1 fully saturated rings. The van der Waals surface area contributed by atoms with Crippen molar-refractivity contribution in [2.24, 2.45) is 7.05 Å². The molecule has 5 heteroatoms. The van der Waals surface area contributed by atoms with Gasteiger partial charge in [0.1, 0.15) is 0 Å². The molecule has 1 aliphatic heterocycles. The van der Waals surface area contributed by atoms with E-state index in [1.165, 1.54) is 0 Å². The average Bonchev–Trinajstić information content (AvgIpc) is 2.61. The van der Waals surface area contributed by atoms with Crippen molar-refractivity contribution in [3.63, 3.8) is 0 Å². The van der Waals surface area contributed by atoms with Crippen molar-refractivity contribution in [1.29, 1.82) is 5.26 Å². The third-order valence-corrected chi connectivity index (χ3v) is 2.84. The SMILES string of the molecule is Cn1cc(CC#N)c(CN2CCNCC2)n1. The molecule has 0 aliphatic carbocycles. The van der Waals surface area contributed by atoms with E-state index in [1.807, 2.05) is 13.2 Å². The Hall–Kier alpha value is -1.38. The Balaban J connectivity index is 2.04. The van der Waals surface area contributed by atoms with E-state index in [4.69, 9.17) is 5.26 Å². The van der Waals surface area contributed by atoms with Gasteiger partial charge in [0.15, 0.2) is 0 Å². The van der Waals surface area contributed by atoms with Crippen molar-refractivity contribution in [1.82, 2.24) is 20.0 Å². The molecule has 0 bridgehead atoms. The van der Waals surface area contributed by atoms with Gasteiger partial charge in [-0.3, -0.25) is 9.58 Å². The van der Waals surface area contributed by atoms with Crippen molar-refractivity contribution >= 4 is 0 Å². The lowest BCUT2D eigenvalue weighted by atomic mass is 10.2. The molecule has 1 aliphatic rings. The van der Waals surface area contributed by atoms with E-state index in [1.54, 1.807) is 4.68 Å². The summed E-state index contributed by atoms with van der Waals surface area (Å²) in [6, 6.07) is 2.19. The molecule has 2 rings (SSSR count). The van der Waals surface area contributed by atoms with Crippen molar-refractivity contribution in [2.75, 3.05) is 26.2 Å². The summed E-state index contributed by atoms with van der Waals surface area (Å²) in [4.78, 5) is 2.37. The third kappa shape index (κ3) is 2.60. The molecule has 0 aromatic carbocycles. The van der Waals surface area contributed by atoms with Crippen LogP contribution in [0.2, 0.25) is 0 Å². The normalized spacial score (nSPS) is 17.2. The van der Waals surface area contributed by atoms with Gasteiger partial charge in [0.25, 0.3) is 0 Å². The molecule has 0 spiro atoms. The fourth-order valence-electron chi connectivity index (χ4n) is 2.03. The zero-order valence-electron chi connectivity index (χ0n) is 9.61. The zero-order chi connectivity index (χ0) is 11.4. The fraction of sp³-hybridized carbons (Fsp3) is 0.636. The highest BCUT2D eigenvalue weighted by molar-refractivity contribution is 5.20. The first-order valence-electron chi connectivity index (χ1n) is 5.61. The molecule has 0 radical (unpaired) electrons. The molecule has 0 atom stereocenters. The topological polar surface area (TPSA) is 56.9 Å². The fourth-order valence-corrected chi connectivity index (χ4v) is 2.03. The molecule has 1 saturated heterocycles. The van der Waals surface area contributed by atoms with E-state index in [0.717, 1.165) is 44.0 Å². The molecule has 86 valence electrons. The second-order valence-electron chi connectivity index (χ2n) is 4.14. The highest BCUT2D eigenvalue weighted by atomic mass is 15.3. The van der Waals surface area contributed by atoms with Crippen molar-refractivity contribution in [3.8, 4) is 6.07 Å². The molecule has 16 heavy (non-hydrogen) atoms. The first-order valence-corrected chi connectivity index (χ1v) is 5.61. The Labute approximate surface area is 95.7 Å². The van der Waals surface area contributed by atoms with Gasteiger partial charge in [-0.15, -0.1) is 0 Å². The quantitative estimate of drug-likeness (QED) is 0.771. The Bertz CT molecular complexity index is 384. The molecule has 1 aromatic heterocycles. The first-order chi connectivity index (χ1) is 7.79. The minimum Gasteiger partial charge on any atom is -0.314 e.